The van der Waals surface area contributed by atoms with Gasteiger partial charge in [0.05, 0.1) is 0 Å². The molecule has 7 heavy (non-hydrogen) atoms. The number of urea groups is 1. The Morgan fingerprint density at radius 3 is 2.14 bits per heavy atom. The zero-order valence-electron chi connectivity index (χ0n) is 3.50. The lowest BCUT2D eigenvalue weighted by molar-refractivity contribution is -0.115. The second kappa shape index (κ2) is 2.14. The van der Waals surface area contributed by atoms with E-state index in [9.17, 15) is 9.59 Å². The SMILES string of the molecule is NC(=O)N(N)C=O. The molecule has 0 bridgehead atoms. The molecule has 0 atom stereocenters. The number of carbonyl (C=O) groups is 2. The van der Waals surface area contributed by atoms with E-state index in [1.807, 2.05) is 0 Å². The zero-order chi connectivity index (χ0) is 5.86. The standard InChI is InChI=1S/C2H5N3O2/c3-2(7)5(4)1-6/h1H,4H2,(H2,3,7). The number of nitrogens with zero attached hydrogens (tertiary/aromatic N) is 1. The predicted molar refractivity (Wildman–Crippen MR) is 21.7 cm³/mol. The van der Waals surface area contributed by atoms with Gasteiger partial charge in [-0.25, -0.2) is 10.6 Å². The van der Waals surface area contributed by atoms with E-state index >= 15 is 0 Å². The van der Waals surface area contributed by atoms with E-state index in [1.54, 1.807) is 0 Å². The van der Waals surface area contributed by atoms with Crippen molar-refractivity contribution in [3.05, 3.63) is 0 Å². The maximum absolute atomic E-state index is 9.72. The molecule has 0 aliphatic rings. The van der Waals surface area contributed by atoms with Crippen LogP contribution in [0.15, 0.2) is 0 Å². The van der Waals surface area contributed by atoms with Crippen LogP contribution in [0.4, 0.5) is 4.79 Å². The van der Waals surface area contributed by atoms with Gasteiger partial charge in [-0.3, -0.25) is 4.79 Å². The second-order valence-electron chi connectivity index (χ2n) is 0.851. The summed E-state index contributed by atoms with van der Waals surface area (Å²) in [6.45, 7) is 0. The number of imide groups is 1. The van der Waals surface area contributed by atoms with Crippen LogP contribution in [-0.4, -0.2) is 17.5 Å². The van der Waals surface area contributed by atoms with Crippen LogP contribution in [0.5, 0.6) is 0 Å². The van der Waals surface area contributed by atoms with Crippen LogP contribution in [-0.2, 0) is 4.79 Å². The molecule has 0 radical (unpaired) electrons. The van der Waals surface area contributed by atoms with Gasteiger partial charge >= 0.3 is 6.03 Å². The monoisotopic (exact) mass is 103 g/mol. The molecular weight excluding hydrogens is 98.0 g/mol. The third-order valence-electron chi connectivity index (χ3n) is 0.368. The highest BCUT2D eigenvalue weighted by Crippen LogP contribution is 1.62. The summed E-state index contributed by atoms with van der Waals surface area (Å²) in [5, 5.41) is 0.250. The van der Waals surface area contributed by atoms with Crippen molar-refractivity contribution < 1.29 is 9.59 Å². The van der Waals surface area contributed by atoms with Crippen molar-refractivity contribution >= 4 is 12.4 Å². The molecule has 0 unspecified atom stereocenters. The number of rotatable bonds is 1. The highest BCUT2D eigenvalue weighted by atomic mass is 16.2. The normalized spacial score (nSPS) is 7.57. The molecule has 0 aromatic carbocycles. The van der Waals surface area contributed by atoms with Crippen LogP contribution in [0.2, 0.25) is 0 Å². The van der Waals surface area contributed by atoms with E-state index in [-0.39, 0.29) is 11.4 Å². The Labute approximate surface area is 39.8 Å². The zero-order valence-corrected chi connectivity index (χ0v) is 3.50. The fraction of sp³-hybridized carbons (Fsp3) is 0. The van der Waals surface area contributed by atoms with Crippen molar-refractivity contribution in [3.63, 3.8) is 0 Å². The molecule has 0 aliphatic heterocycles. The van der Waals surface area contributed by atoms with Crippen LogP contribution in [0.1, 0.15) is 0 Å². The van der Waals surface area contributed by atoms with Crippen LogP contribution >= 0.6 is 0 Å². The maximum atomic E-state index is 9.72. The number of amides is 3. The topological polar surface area (TPSA) is 89.4 Å². The Hall–Kier alpha value is -1.10. The van der Waals surface area contributed by atoms with Crippen molar-refractivity contribution in [2.45, 2.75) is 0 Å². The van der Waals surface area contributed by atoms with Gasteiger partial charge in [0.1, 0.15) is 0 Å². The number of hydrogen-bond donors (Lipinski definition) is 2. The van der Waals surface area contributed by atoms with E-state index in [0.29, 0.717) is 0 Å². The number of hydrazine groups is 1. The molecule has 0 saturated heterocycles. The van der Waals surface area contributed by atoms with Gasteiger partial charge in [-0.1, -0.05) is 0 Å². The quantitative estimate of drug-likeness (QED) is 0.181. The van der Waals surface area contributed by atoms with Crippen molar-refractivity contribution in [1.82, 2.24) is 5.01 Å². The Kier molecular flexibility index (Phi) is 1.80. The summed E-state index contributed by atoms with van der Waals surface area (Å²) < 4.78 is 0. The molecule has 0 aliphatic carbocycles. The minimum Gasteiger partial charge on any atom is -0.350 e. The summed E-state index contributed by atoms with van der Waals surface area (Å²) in [6.07, 6.45) is 0.127. The number of hydrogen-bond acceptors (Lipinski definition) is 3. The van der Waals surface area contributed by atoms with Crippen molar-refractivity contribution in [1.29, 1.82) is 0 Å². The average molecular weight is 103 g/mol. The Morgan fingerprint density at radius 2 is 2.14 bits per heavy atom. The molecule has 0 heterocycles. The molecule has 0 fully saturated rings. The minimum atomic E-state index is -0.963. The van der Waals surface area contributed by atoms with Gasteiger partial charge in [-0.05, 0) is 0 Å². The average Bonchev–Trinajstić information content (AvgIpc) is 1.65. The highest BCUT2D eigenvalue weighted by Gasteiger charge is 1.96. The lowest BCUT2D eigenvalue weighted by Crippen LogP contribution is -2.39. The van der Waals surface area contributed by atoms with Crippen LogP contribution in [0, 0.1) is 0 Å². The van der Waals surface area contributed by atoms with Gasteiger partial charge in [0.15, 0.2) is 0 Å². The number of carbonyl (C=O) groups excluding carboxylic acids is 2. The Morgan fingerprint density at radius 1 is 1.71 bits per heavy atom. The maximum Gasteiger partial charge on any atom is 0.335 e. The number of nitrogens with two attached hydrogens (primary N) is 2. The van der Waals surface area contributed by atoms with E-state index in [1.165, 1.54) is 0 Å². The van der Waals surface area contributed by atoms with Crippen molar-refractivity contribution in [2.75, 3.05) is 0 Å². The summed E-state index contributed by atoms with van der Waals surface area (Å²) >= 11 is 0. The molecule has 0 spiro atoms. The van der Waals surface area contributed by atoms with Crippen molar-refractivity contribution in [3.8, 4) is 0 Å². The van der Waals surface area contributed by atoms with Crippen LogP contribution < -0.4 is 11.6 Å². The summed E-state index contributed by atoms with van der Waals surface area (Å²) in [7, 11) is 0. The van der Waals surface area contributed by atoms with E-state index < -0.39 is 6.03 Å². The fourth-order valence-corrected chi connectivity index (χ4v) is 0.0519. The third kappa shape index (κ3) is 1.72. The first-order chi connectivity index (χ1) is 3.18. The van der Waals surface area contributed by atoms with Gasteiger partial charge in [0.2, 0.25) is 6.41 Å². The van der Waals surface area contributed by atoms with E-state index in [0.717, 1.165) is 0 Å². The molecule has 5 nitrogen and oxygen atoms in total. The fourth-order valence-electron chi connectivity index (χ4n) is 0.0519. The van der Waals surface area contributed by atoms with E-state index in [2.05, 4.69) is 11.6 Å². The largest absolute Gasteiger partial charge is 0.350 e. The first kappa shape index (κ1) is 5.90. The molecule has 4 N–H and O–H groups in total. The molecule has 5 heteroatoms. The van der Waals surface area contributed by atoms with Gasteiger partial charge < -0.3 is 5.73 Å². The Bertz CT molecular complexity index is 90.9. The van der Waals surface area contributed by atoms with Gasteiger partial charge in [0.25, 0.3) is 0 Å². The molecular formula is C2H5N3O2. The summed E-state index contributed by atoms with van der Waals surface area (Å²) in [5.74, 6) is 4.61. The van der Waals surface area contributed by atoms with Gasteiger partial charge in [-0.15, -0.1) is 0 Å². The lowest BCUT2D eigenvalue weighted by atomic mass is 11.0. The third-order valence-corrected chi connectivity index (χ3v) is 0.368. The van der Waals surface area contributed by atoms with Gasteiger partial charge in [0, 0.05) is 0 Å². The second-order valence-corrected chi connectivity index (χ2v) is 0.851. The molecule has 0 saturated carbocycles. The summed E-state index contributed by atoms with van der Waals surface area (Å²) in [6, 6.07) is -0.963. The minimum absolute atomic E-state index is 0.127. The Balaban J connectivity index is 3.55. The highest BCUT2D eigenvalue weighted by molar-refractivity contribution is 5.82. The molecule has 3 amide bonds. The van der Waals surface area contributed by atoms with Crippen LogP contribution in [0.25, 0.3) is 0 Å². The first-order valence-electron chi connectivity index (χ1n) is 1.47. The smallest absolute Gasteiger partial charge is 0.335 e. The molecule has 0 aromatic heterocycles. The molecule has 40 valence electrons. The first-order valence-corrected chi connectivity index (χ1v) is 1.47. The number of primary amides is 1. The predicted octanol–water partition coefficient (Wildman–Crippen LogP) is -1.60. The lowest BCUT2D eigenvalue weighted by Gasteiger charge is -1.99. The summed E-state index contributed by atoms with van der Waals surface area (Å²) in [4.78, 5) is 19.2. The molecule has 0 rings (SSSR count). The van der Waals surface area contributed by atoms with Crippen molar-refractivity contribution in [2.24, 2.45) is 11.6 Å². The van der Waals surface area contributed by atoms with E-state index in [4.69, 9.17) is 0 Å². The van der Waals surface area contributed by atoms with Gasteiger partial charge in [-0.2, -0.15) is 5.01 Å². The molecule has 0 aromatic rings. The van der Waals surface area contributed by atoms with Crippen LogP contribution in [0.3, 0.4) is 0 Å². The summed E-state index contributed by atoms with van der Waals surface area (Å²) in [5.41, 5.74) is 4.48.